The largest absolute Gasteiger partial charge is 0.411 e. The number of fused-ring (bicyclic) bond motifs is 1. The van der Waals surface area contributed by atoms with Gasteiger partial charge in [-0.15, -0.1) is 0 Å². The zero-order chi connectivity index (χ0) is 13.2. The zero-order valence-electron chi connectivity index (χ0n) is 10.3. The second-order valence-corrected chi connectivity index (χ2v) is 4.61. The number of rotatable bonds is 1. The van der Waals surface area contributed by atoms with Crippen LogP contribution < -0.4 is 0 Å². The van der Waals surface area contributed by atoms with Crippen LogP contribution in [0.2, 0.25) is 0 Å². The molecule has 1 aliphatic carbocycles. The van der Waals surface area contributed by atoms with E-state index in [-0.39, 0.29) is 0 Å². The second-order valence-electron chi connectivity index (χ2n) is 4.61. The van der Waals surface area contributed by atoms with Gasteiger partial charge in [-0.2, -0.15) is 5.26 Å². The molecule has 0 aromatic heterocycles. The van der Waals surface area contributed by atoms with Crippen molar-refractivity contribution in [3.8, 4) is 17.2 Å². The summed E-state index contributed by atoms with van der Waals surface area (Å²) < 4.78 is 0. The van der Waals surface area contributed by atoms with Gasteiger partial charge in [-0.05, 0) is 41.7 Å². The highest BCUT2D eigenvalue weighted by molar-refractivity contribution is 6.04. The fraction of sp³-hybridized carbons (Fsp3) is 0.125. The summed E-state index contributed by atoms with van der Waals surface area (Å²) >= 11 is 0. The van der Waals surface area contributed by atoms with E-state index in [1.807, 2.05) is 30.3 Å². The van der Waals surface area contributed by atoms with Crippen molar-refractivity contribution < 1.29 is 5.21 Å². The van der Waals surface area contributed by atoms with E-state index in [0.717, 1.165) is 35.2 Å². The van der Waals surface area contributed by atoms with Crippen LogP contribution in [-0.4, -0.2) is 10.9 Å². The quantitative estimate of drug-likeness (QED) is 0.621. The fourth-order valence-corrected chi connectivity index (χ4v) is 2.52. The maximum atomic E-state index is 8.94. The predicted molar refractivity (Wildman–Crippen MR) is 73.2 cm³/mol. The monoisotopic (exact) mass is 248 g/mol. The summed E-state index contributed by atoms with van der Waals surface area (Å²) in [5, 5.41) is 21.2. The van der Waals surface area contributed by atoms with E-state index in [4.69, 9.17) is 10.5 Å². The van der Waals surface area contributed by atoms with Crippen molar-refractivity contribution in [3.05, 3.63) is 59.2 Å². The Labute approximate surface area is 111 Å². The van der Waals surface area contributed by atoms with Crippen LogP contribution in [0.3, 0.4) is 0 Å². The first-order chi connectivity index (χ1) is 9.31. The molecule has 0 fully saturated rings. The lowest BCUT2D eigenvalue weighted by atomic mass is 9.99. The van der Waals surface area contributed by atoms with Crippen LogP contribution in [0.4, 0.5) is 0 Å². The van der Waals surface area contributed by atoms with E-state index in [1.165, 1.54) is 5.56 Å². The lowest BCUT2D eigenvalue weighted by molar-refractivity contribution is 0.318. The van der Waals surface area contributed by atoms with Crippen molar-refractivity contribution in [2.24, 2.45) is 5.16 Å². The molecule has 3 rings (SSSR count). The molecule has 0 saturated heterocycles. The molecule has 2 aromatic carbocycles. The number of benzene rings is 2. The molecule has 0 atom stereocenters. The smallest absolute Gasteiger partial charge is 0.0991 e. The molecular formula is C16H12N2O. The van der Waals surface area contributed by atoms with Gasteiger partial charge in [-0.1, -0.05) is 35.5 Å². The summed E-state index contributed by atoms with van der Waals surface area (Å²) in [7, 11) is 0. The van der Waals surface area contributed by atoms with Gasteiger partial charge in [0, 0.05) is 5.56 Å². The minimum absolute atomic E-state index is 0.663. The van der Waals surface area contributed by atoms with E-state index in [1.54, 1.807) is 6.07 Å². The molecule has 0 amide bonds. The van der Waals surface area contributed by atoms with Gasteiger partial charge in [0.25, 0.3) is 0 Å². The first-order valence-corrected chi connectivity index (χ1v) is 6.16. The molecule has 3 heteroatoms. The Hall–Kier alpha value is -2.60. The molecule has 0 bridgehead atoms. The Morgan fingerprint density at radius 2 is 1.89 bits per heavy atom. The lowest BCUT2D eigenvalue weighted by Crippen LogP contribution is -1.93. The summed E-state index contributed by atoms with van der Waals surface area (Å²) in [5.41, 5.74) is 5.78. The minimum Gasteiger partial charge on any atom is -0.411 e. The van der Waals surface area contributed by atoms with E-state index >= 15 is 0 Å². The molecular weight excluding hydrogens is 236 g/mol. The Balaban J connectivity index is 2.06. The second kappa shape index (κ2) is 4.58. The molecule has 1 N–H and O–H groups in total. The summed E-state index contributed by atoms with van der Waals surface area (Å²) in [5.74, 6) is 0. The SMILES string of the molecule is N#Cc1cccc(-c2ccc3c(c2)CC/C3=N/O)c1. The van der Waals surface area contributed by atoms with Gasteiger partial charge in [0.05, 0.1) is 17.3 Å². The Morgan fingerprint density at radius 1 is 1.05 bits per heavy atom. The maximum absolute atomic E-state index is 8.94. The fourth-order valence-electron chi connectivity index (χ4n) is 2.52. The maximum Gasteiger partial charge on any atom is 0.0991 e. The summed E-state index contributed by atoms with van der Waals surface area (Å²) in [6.07, 6.45) is 1.69. The molecule has 0 spiro atoms. The first-order valence-electron chi connectivity index (χ1n) is 6.16. The van der Waals surface area contributed by atoms with Crippen LogP contribution >= 0.6 is 0 Å². The van der Waals surface area contributed by atoms with Gasteiger partial charge < -0.3 is 5.21 Å². The van der Waals surface area contributed by atoms with Crippen molar-refractivity contribution in [3.63, 3.8) is 0 Å². The van der Waals surface area contributed by atoms with Crippen LogP contribution in [0.25, 0.3) is 11.1 Å². The van der Waals surface area contributed by atoms with Gasteiger partial charge in [0.15, 0.2) is 0 Å². The van der Waals surface area contributed by atoms with Crippen LogP contribution in [0, 0.1) is 11.3 Å². The van der Waals surface area contributed by atoms with Gasteiger partial charge in [-0.3, -0.25) is 0 Å². The number of oxime groups is 1. The zero-order valence-corrected chi connectivity index (χ0v) is 10.3. The Kier molecular flexibility index (Phi) is 2.77. The first kappa shape index (κ1) is 11.5. The molecule has 0 aliphatic heterocycles. The molecule has 92 valence electrons. The van der Waals surface area contributed by atoms with Crippen molar-refractivity contribution >= 4 is 5.71 Å². The topological polar surface area (TPSA) is 56.4 Å². The third kappa shape index (κ3) is 1.98. The highest BCUT2D eigenvalue weighted by atomic mass is 16.4. The van der Waals surface area contributed by atoms with E-state index in [0.29, 0.717) is 5.56 Å². The highest BCUT2D eigenvalue weighted by Gasteiger charge is 2.18. The average molecular weight is 248 g/mol. The van der Waals surface area contributed by atoms with Crippen molar-refractivity contribution in [2.75, 3.05) is 0 Å². The molecule has 0 unspecified atom stereocenters. The Morgan fingerprint density at radius 3 is 2.68 bits per heavy atom. The van der Waals surface area contributed by atoms with Crippen molar-refractivity contribution in [1.82, 2.24) is 0 Å². The number of hydrogen-bond donors (Lipinski definition) is 1. The number of nitrogens with zero attached hydrogens (tertiary/aromatic N) is 2. The molecule has 19 heavy (non-hydrogen) atoms. The molecule has 0 radical (unpaired) electrons. The van der Waals surface area contributed by atoms with E-state index in [9.17, 15) is 0 Å². The van der Waals surface area contributed by atoms with Gasteiger partial charge >= 0.3 is 0 Å². The molecule has 2 aromatic rings. The number of hydrogen-bond acceptors (Lipinski definition) is 3. The van der Waals surface area contributed by atoms with E-state index in [2.05, 4.69) is 17.3 Å². The van der Waals surface area contributed by atoms with Gasteiger partial charge in [0.1, 0.15) is 0 Å². The van der Waals surface area contributed by atoms with Crippen LogP contribution in [-0.2, 0) is 6.42 Å². The third-order valence-corrected chi connectivity index (χ3v) is 3.49. The van der Waals surface area contributed by atoms with Crippen LogP contribution in [0.5, 0.6) is 0 Å². The average Bonchev–Trinajstić information content (AvgIpc) is 2.89. The van der Waals surface area contributed by atoms with Gasteiger partial charge in [0.2, 0.25) is 0 Å². The molecule has 0 heterocycles. The summed E-state index contributed by atoms with van der Waals surface area (Å²) in [6, 6.07) is 15.8. The van der Waals surface area contributed by atoms with Crippen LogP contribution in [0.1, 0.15) is 23.1 Å². The lowest BCUT2D eigenvalue weighted by Gasteiger charge is -2.05. The normalized spacial score (nSPS) is 15.2. The van der Waals surface area contributed by atoms with E-state index < -0.39 is 0 Å². The number of nitriles is 1. The van der Waals surface area contributed by atoms with Crippen LogP contribution in [0.15, 0.2) is 47.6 Å². The highest BCUT2D eigenvalue weighted by Crippen LogP contribution is 2.28. The summed E-state index contributed by atoms with van der Waals surface area (Å²) in [6.45, 7) is 0. The molecule has 0 saturated carbocycles. The summed E-state index contributed by atoms with van der Waals surface area (Å²) in [4.78, 5) is 0. The van der Waals surface area contributed by atoms with Crippen molar-refractivity contribution in [2.45, 2.75) is 12.8 Å². The molecule has 3 nitrogen and oxygen atoms in total. The third-order valence-electron chi connectivity index (χ3n) is 3.49. The van der Waals surface area contributed by atoms with Crippen molar-refractivity contribution in [1.29, 1.82) is 5.26 Å². The molecule has 1 aliphatic rings. The minimum atomic E-state index is 0.663. The predicted octanol–water partition coefficient (Wildman–Crippen LogP) is 3.35. The van der Waals surface area contributed by atoms with Gasteiger partial charge in [-0.25, -0.2) is 0 Å². The Bertz CT molecular complexity index is 711. The standard InChI is InChI=1S/C16H12N2O/c17-10-11-2-1-3-12(8-11)13-4-6-15-14(9-13)5-7-16(15)18-19/h1-4,6,8-9,19H,5,7H2/b18-16-. The number of aryl methyl sites for hydroxylation is 1.